The van der Waals surface area contributed by atoms with Crippen molar-refractivity contribution in [2.24, 2.45) is 0 Å². The lowest BCUT2D eigenvalue weighted by Crippen LogP contribution is -2.12. The van der Waals surface area contributed by atoms with Gasteiger partial charge in [-0.15, -0.1) is 0 Å². The highest BCUT2D eigenvalue weighted by molar-refractivity contribution is 6.35. The summed E-state index contributed by atoms with van der Waals surface area (Å²) in [5.74, 6) is 2.10. The average molecular weight is 357 g/mol. The normalized spacial score (nSPS) is 10.4. The molecular formula is C17H18Cl2O4. The van der Waals surface area contributed by atoms with Gasteiger partial charge in [0.05, 0.1) is 25.3 Å². The molecule has 6 heteroatoms. The minimum atomic E-state index is 0.403. The van der Waals surface area contributed by atoms with E-state index in [1.54, 1.807) is 25.3 Å². The van der Waals surface area contributed by atoms with Gasteiger partial charge in [0.2, 0.25) is 0 Å². The van der Waals surface area contributed by atoms with Gasteiger partial charge < -0.3 is 18.9 Å². The Bertz CT molecular complexity index is 619. The van der Waals surface area contributed by atoms with Crippen molar-refractivity contribution in [2.75, 3.05) is 33.5 Å². The first-order valence-electron chi connectivity index (χ1n) is 7.11. The molecule has 0 bridgehead atoms. The lowest BCUT2D eigenvalue weighted by Gasteiger charge is -2.10. The Kier molecular flexibility index (Phi) is 7.33. The summed E-state index contributed by atoms with van der Waals surface area (Å²) in [5.41, 5.74) is 0. The molecule has 0 N–H and O–H groups in total. The van der Waals surface area contributed by atoms with E-state index < -0.39 is 0 Å². The predicted molar refractivity (Wildman–Crippen MR) is 91.3 cm³/mol. The van der Waals surface area contributed by atoms with Crippen molar-refractivity contribution in [3.05, 3.63) is 52.5 Å². The van der Waals surface area contributed by atoms with E-state index in [9.17, 15) is 0 Å². The Morgan fingerprint density at radius 2 is 1.57 bits per heavy atom. The van der Waals surface area contributed by atoms with Crippen molar-refractivity contribution >= 4 is 23.2 Å². The minimum Gasteiger partial charge on any atom is -0.497 e. The Morgan fingerprint density at radius 1 is 0.826 bits per heavy atom. The first kappa shape index (κ1) is 17.7. The molecule has 0 saturated carbocycles. The van der Waals surface area contributed by atoms with E-state index >= 15 is 0 Å². The van der Waals surface area contributed by atoms with Crippen LogP contribution in [0, 0.1) is 0 Å². The van der Waals surface area contributed by atoms with Gasteiger partial charge in [0.25, 0.3) is 0 Å². The van der Waals surface area contributed by atoms with Gasteiger partial charge in [-0.2, -0.15) is 0 Å². The van der Waals surface area contributed by atoms with E-state index in [0.29, 0.717) is 42.2 Å². The summed E-state index contributed by atoms with van der Waals surface area (Å²) in [6.45, 7) is 1.77. The molecule has 0 atom stereocenters. The topological polar surface area (TPSA) is 36.9 Å². The van der Waals surface area contributed by atoms with E-state index in [2.05, 4.69) is 0 Å². The molecule has 0 aliphatic carbocycles. The zero-order valence-electron chi connectivity index (χ0n) is 12.8. The van der Waals surface area contributed by atoms with Gasteiger partial charge in [-0.1, -0.05) is 29.3 Å². The number of methoxy groups -OCH3 is 1. The van der Waals surface area contributed by atoms with Crippen molar-refractivity contribution in [2.45, 2.75) is 0 Å². The second-order valence-electron chi connectivity index (χ2n) is 4.56. The second-order valence-corrected chi connectivity index (χ2v) is 5.41. The van der Waals surface area contributed by atoms with Crippen molar-refractivity contribution in [3.8, 4) is 17.2 Å². The summed E-state index contributed by atoms with van der Waals surface area (Å²) in [6.07, 6.45) is 0. The number of hydrogen-bond donors (Lipinski definition) is 0. The van der Waals surface area contributed by atoms with E-state index in [-0.39, 0.29) is 0 Å². The second kappa shape index (κ2) is 9.50. The fourth-order valence-corrected chi connectivity index (χ4v) is 2.28. The molecule has 0 aromatic heterocycles. The van der Waals surface area contributed by atoms with Crippen LogP contribution in [-0.2, 0) is 4.74 Å². The fraction of sp³-hybridized carbons (Fsp3) is 0.294. The van der Waals surface area contributed by atoms with Crippen LogP contribution in [0.4, 0.5) is 0 Å². The number of rotatable bonds is 9. The molecule has 124 valence electrons. The molecule has 0 saturated heterocycles. The van der Waals surface area contributed by atoms with E-state index in [4.69, 9.17) is 42.1 Å². The molecule has 0 fully saturated rings. The van der Waals surface area contributed by atoms with Crippen molar-refractivity contribution in [1.29, 1.82) is 0 Å². The molecule has 0 heterocycles. The number of benzene rings is 2. The molecule has 0 aliphatic heterocycles. The van der Waals surface area contributed by atoms with Gasteiger partial charge in [0.15, 0.2) is 0 Å². The number of hydrogen-bond acceptors (Lipinski definition) is 4. The Morgan fingerprint density at radius 3 is 2.30 bits per heavy atom. The SMILES string of the molecule is COc1cccc(OCCOCCOc2ccc(Cl)cc2Cl)c1. The summed E-state index contributed by atoms with van der Waals surface area (Å²) in [6, 6.07) is 12.5. The standard InChI is InChI=1S/C17H18Cl2O4/c1-20-14-3-2-4-15(12-14)22-9-7-21-8-10-23-17-6-5-13(18)11-16(17)19/h2-6,11-12H,7-10H2,1H3. The van der Waals surface area contributed by atoms with E-state index in [1.807, 2.05) is 24.3 Å². The first-order chi connectivity index (χ1) is 11.2. The van der Waals surface area contributed by atoms with Gasteiger partial charge in [-0.3, -0.25) is 0 Å². The molecule has 0 unspecified atom stereocenters. The van der Waals surface area contributed by atoms with Gasteiger partial charge in [0.1, 0.15) is 30.5 Å². The molecule has 0 radical (unpaired) electrons. The van der Waals surface area contributed by atoms with Crippen LogP contribution in [-0.4, -0.2) is 33.5 Å². The monoisotopic (exact) mass is 356 g/mol. The molecule has 0 amide bonds. The predicted octanol–water partition coefficient (Wildman–Crippen LogP) is 4.48. The van der Waals surface area contributed by atoms with Gasteiger partial charge in [0, 0.05) is 11.1 Å². The first-order valence-corrected chi connectivity index (χ1v) is 7.87. The number of ether oxygens (including phenoxy) is 4. The lowest BCUT2D eigenvalue weighted by atomic mass is 10.3. The van der Waals surface area contributed by atoms with Crippen LogP contribution in [0.3, 0.4) is 0 Å². The highest BCUT2D eigenvalue weighted by Crippen LogP contribution is 2.27. The number of halogens is 2. The zero-order valence-corrected chi connectivity index (χ0v) is 14.3. The Balaban J connectivity index is 1.59. The summed E-state index contributed by atoms with van der Waals surface area (Å²) in [4.78, 5) is 0. The van der Waals surface area contributed by atoms with Crippen LogP contribution in [0.5, 0.6) is 17.2 Å². The maximum atomic E-state index is 6.00. The summed E-state index contributed by atoms with van der Waals surface area (Å²) in [7, 11) is 1.62. The van der Waals surface area contributed by atoms with Gasteiger partial charge in [-0.05, 0) is 30.3 Å². The highest BCUT2D eigenvalue weighted by atomic mass is 35.5. The minimum absolute atomic E-state index is 0.403. The molecule has 2 aromatic carbocycles. The van der Waals surface area contributed by atoms with E-state index in [1.165, 1.54) is 0 Å². The van der Waals surface area contributed by atoms with Crippen LogP contribution >= 0.6 is 23.2 Å². The maximum absolute atomic E-state index is 6.00. The Hall–Kier alpha value is -1.62. The van der Waals surface area contributed by atoms with Crippen LogP contribution in [0.25, 0.3) is 0 Å². The smallest absolute Gasteiger partial charge is 0.138 e. The molecule has 0 spiro atoms. The summed E-state index contributed by atoms with van der Waals surface area (Å²) >= 11 is 11.8. The third-order valence-electron chi connectivity index (χ3n) is 2.92. The Labute approximate surface area is 145 Å². The fourth-order valence-electron chi connectivity index (χ4n) is 1.81. The largest absolute Gasteiger partial charge is 0.497 e. The quantitative estimate of drug-likeness (QED) is 0.621. The maximum Gasteiger partial charge on any atom is 0.138 e. The molecule has 23 heavy (non-hydrogen) atoms. The summed E-state index contributed by atoms with van der Waals surface area (Å²) in [5, 5.41) is 1.06. The van der Waals surface area contributed by atoms with E-state index in [0.717, 1.165) is 11.5 Å². The molecule has 0 aliphatic rings. The average Bonchev–Trinajstić information content (AvgIpc) is 2.56. The third kappa shape index (κ3) is 6.18. The summed E-state index contributed by atoms with van der Waals surface area (Å²) < 4.78 is 21.7. The third-order valence-corrected chi connectivity index (χ3v) is 3.45. The molecule has 2 aromatic rings. The zero-order chi connectivity index (χ0) is 16.5. The molecule has 2 rings (SSSR count). The van der Waals surface area contributed by atoms with Gasteiger partial charge >= 0.3 is 0 Å². The molecule has 4 nitrogen and oxygen atoms in total. The molecular weight excluding hydrogens is 339 g/mol. The van der Waals surface area contributed by atoms with Crippen molar-refractivity contribution < 1.29 is 18.9 Å². The van der Waals surface area contributed by atoms with Crippen LogP contribution in [0.15, 0.2) is 42.5 Å². The van der Waals surface area contributed by atoms with Crippen LogP contribution in [0.2, 0.25) is 10.0 Å². The van der Waals surface area contributed by atoms with Crippen molar-refractivity contribution in [1.82, 2.24) is 0 Å². The van der Waals surface area contributed by atoms with Crippen LogP contribution in [0.1, 0.15) is 0 Å². The van der Waals surface area contributed by atoms with Crippen molar-refractivity contribution in [3.63, 3.8) is 0 Å². The lowest BCUT2D eigenvalue weighted by molar-refractivity contribution is 0.0764. The van der Waals surface area contributed by atoms with Gasteiger partial charge in [-0.25, -0.2) is 0 Å². The highest BCUT2D eigenvalue weighted by Gasteiger charge is 2.02. The van der Waals surface area contributed by atoms with Crippen LogP contribution < -0.4 is 14.2 Å².